The number of allylic oxidation sites excluding steroid dienone is 1. The molecule has 1 heterocycles. The number of Topliss-reactive ketones (excluding diaryl/α,β-unsaturated/α-hetero) is 1. The lowest BCUT2D eigenvalue weighted by Gasteiger charge is -1.93. The molecule has 3 heteroatoms. The standard InChI is InChI=1S/C10H12O2S/c1-3-4-5-9(11)10-6-8(12-2)7-13-10/h3,6-7H,1,4-5H2,2H3. The Morgan fingerprint density at radius 3 is 3.08 bits per heavy atom. The monoisotopic (exact) mass is 196 g/mol. The Morgan fingerprint density at radius 2 is 2.54 bits per heavy atom. The van der Waals surface area contributed by atoms with Crippen molar-refractivity contribution < 1.29 is 9.53 Å². The van der Waals surface area contributed by atoms with Gasteiger partial charge >= 0.3 is 0 Å². The highest BCUT2D eigenvalue weighted by Gasteiger charge is 2.07. The predicted molar refractivity (Wildman–Crippen MR) is 54.6 cm³/mol. The molecule has 1 aromatic rings. The molecule has 0 saturated heterocycles. The summed E-state index contributed by atoms with van der Waals surface area (Å²) in [6.07, 6.45) is 3.02. The van der Waals surface area contributed by atoms with Gasteiger partial charge in [-0.05, 0) is 6.42 Å². The van der Waals surface area contributed by atoms with Crippen molar-refractivity contribution in [1.82, 2.24) is 0 Å². The Hall–Kier alpha value is -1.09. The first kappa shape index (κ1) is 9.99. The van der Waals surface area contributed by atoms with Crippen molar-refractivity contribution in [3.05, 3.63) is 29.0 Å². The van der Waals surface area contributed by atoms with Crippen LogP contribution in [0, 0.1) is 0 Å². The lowest BCUT2D eigenvalue weighted by Crippen LogP contribution is -1.93. The molecule has 0 amide bonds. The second kappa shape index (κ2) is 4.82. The number of thiophene rings is 1. The Kier molecular flexibility index (Phi) is 3.71. The zero-order chi connectivity index (χ0) is 9.68. The summed E-state index contributed by atoms with van der Waals surface area (Å²) in [4.78, 5) is 12.2. The molecule has 1 rings (SSSR count). The van der Waals surface area contributed by atoms with Crippen LogP contribution in [0.1, 0.15) is 22.5 Å². The van der Waals surface area contributed by atoms with E-state index in [1.807, 2.05) is 5.38 Å². The van der Waals surface area contributed by atoms with Crippen LogP contribution in [0.5, 0.6) is 5.75 Å². The lowest BCUT2D eigenvalue weighted by atomic mass is 10.2. The normalized spacial score (nSPS) is 9.62. The Balaban J connectivity index is 2.60. The summed E-state index contributed by atoms with van der Waals surface area (Å²) in [5, 5.41) is 1.83. The summed E-state index contributed by atoms with van der Waals surface area (Å²) in [5.41, 5.74) is 0. The molecule has 13 heavy (non-hydrogen) atoms. The van der Waals surface area contributed by atoms with Crippen LogP contribution in [-0.2, 0) is 0 Å². The summed E-state index contributed by atoms with van der Waals surface area (Å²) in [5.74, 6) is 0.917. The maximum absolute atomic E-state index is 11.4. The minimum atomic E-state index is 0.160. The first-order valence-corrected chi connectivity index (χ1v) is 4.92. The SMILES string of the molecule is C=CCCC(=O)c1cc(OC)cs1. The van der Waals surface area contributed by atoms with Crippen molar-refractivity contribution in [1.29, 1.82) is 0 Å². The average Bonchev–Trinajstić information content (AvgIpc) is 2.62. The maximum atomic E-state index is 11.4. The summed E-state index contributed by atoms with van der Waals surface area (Å²) >= 11 is 1.42. The molecule has 0 aliphatic heterocycles. The highest BCUT2D eigenvalue weighted by molar-refractivity contribution is 7.12. The highest BCUT2D eigenvalue weighted by Crippen LogP contribution is 2.22. The van der Waals surface area contributed by atoms with E-state index in [-0.39, 0.29) is 5.78 Å². The molecular formula is C10H12O2S. The summed E-state index contributed by atoms with van der Waals surface area (Å²) in [6.45, 7) is 3.57. The molecule has 0 atom stereocenters. The fraction of sp³-hybridized carbons (Fsp3) is 0.300. The smallest absolute Gasteiger partial charge is 0.173 e. The molecule has 0 saturated carbocycles. The zero-order valence-electron chi connectivity index (χ0n) is 7.58. The van der Waals surface area contributed by atoms with Crippen LogP contribution in [0.3, 0.4) is 0 Å². The molecule has 0 spiro atoms. The zero-order valence-corrected chi connectivity index (χ0v) is 8.39. The van der Waals surface area contributed by atoms with Crippen LogP contribution in [-0.4, -0.2) is 12.9 Å². The molecule has 0 aliphatic carbocycles. The summed E-state index contributed by atoms with van der Waals surface area (Å²) in [6, 6.07) is 1.77. The molecule has 0 aromatic carbocycles. The first-order valence-electron chi connectivity index (χ1n) is 4.04. The van der Waals surface area contributed by atoms with Crippen LogP contribution >= 0.6 is 11.3 Å². The van der Waals surface area contributed by atoms with Gasteiger partial charge in [-0.15, -0.1) is 17.9 Å². The van der Waals surface area contributed by atoms with Crippen molar-refractivity contribution in [3.8, 4) is 5.75 Å². The van der Waals surface area contributed by atoms with Gasteiger partial charge in [0.25, 0.3) is 0 Å². The quantitative estimate of drug-likeness (QED) is 0.534. The summed E-state index contributed by atoms with van der Waals surface area (Å²) < 4.78 is 4.99. The highest BCUT2D eigenvalue weighted by atomic mass is 32.1. The number of rotatable bonds is 5. The van der Waals surface area contributed by atoms with Gasteiger partial charge in [0.1, 0.15) is 5.75 Å². The van der Waals surface area contributed by atoms with Crippen molar-refractivity contribution in [2.45, 2.75) is 12.8 Å². The molecule has 0 fully saturated rings. The fourth-order valence-electron chi connectivity index (χ4n) is 0.928. The molecule has 1 aromatic heterocycles. The number of ketones is 1. The maximum Gasteiger partial charge on any atom is 0.173 e. The molecular weight excluding hydrogens is 184 g/mol. The molecule has 70 valence electrons. The van der Waals surface area contributed by atoms with E-state index >= 15 is 0 Å². The number of hydrogen-bond acceptors (Lipinski definition) is 3. The Bertz CT molecular complexity index is 302. The van der Waals surface area contributed by atoms with Crippen molar-refractivity contribution in [2.75, 3.05) is 7.11 Å². The van der Waals surface area contributed by atoms with Crippen LogP contribution in [0.2, 0.25) is 0 Å². The van der Waals surface area contributed by atoms with Gasteiger partial charge < -0.3 is 4.74 Å². The summed E-state index contributed by atoms with van der Waals surface area (Å²) in [7, 11) is 1.60. The van der Waals surface area contributed by atoms with E-state index in [0.29, 0.717) is 6.42 Å². The van der Waals surface area contributed by atoms with Gasteiger partial charge in [-0.1, -0.05) is 6.08 Å². The van der Waals surface area contributed by atoms with E-state index in [0.717, 1.165) is 17.0 Å². The van der Waals surface area contributed by atoms with E-state index in [4.69, 9.17) is 4.74 Å². The third kappa shape index (κ3) is 2.70. The predicted octanol–water partition coefficient (Wildman–Crippen LogP) is 2.91. The second-order valence-corrected chi connectivity index (χ2v) is 3.51. The molecule has 0 N–H and O–H groups in total. The number of hydrogen-bond donors (Lipinski definition) is 0. The number of methoxy groups -OCH3 is 1. The van der Waals surface area contributed by atoms with Gasteiger partial charge in [-0.25, -0.2) is 0 Å². The third-order valence-corrected chi connectivity index (χ3v) is 2.61. The molecule has 2 nitrogen and oxygen atoms in total. The van der Waals surface area contributed by atoms with Gasteiger partial charge in [-0.3, -0.25) is 4.79 Å². The van der Waals surface area contributed by atoms with E-state index in [2.05, 4.69) is 6.58 Å². The minimum Gasteiger partial charge on any atom is -0.496 e. The van der Waals surface area contributed by atoms with Gasteiger partial charge in [0, 0.05) is 17.9 Å². The lowest BCUT2D eigenvalue weighted by molar-refractivity contribution is 0.0987. The van der Waals surface area contributed by atoms with E-state index < -0.39 is 0 Å². The number of carbonyl (C=O) groups excluding carboxylic acids is 1. The van der Waals surface area contributed by atoms with Gasteiger partial charge in [0.05, 0.1) is 12.0 Å². The van der Waals surface area contributed by atoms with E-state index in [1.54, 1.807) is 19.3 Å². The number of ether oxygens (including phenoxy) is 1. The largest absolute Gasteiger partial charge is 0.496 e. The van der Waals surface area contributed by atoms with Gasteiger partial charge in [-0.2, -0.15) is 0 Å². The van der Waals surface area contributed by atoms with E-state index in [9.17, 15) is 4.79 Å². The van der Waals surface area contributed by atoms with Crippen molar-refractivity contribution >= 4 is 17.1 Å². The van der Waals surface area contributed by atoms with Crippen LogP contribution < -0.4 is 4.74 Å². The average molecular weight is 196 g/mol. The topological polar surface area (TPSA) is 26.3 Å². The molecule has 0 unspecified atom stereocenters. The van der Waals surface area contributed by atoms with Crippen molar-refractivity contribution in [3.63, 3.8) is 0 Å². The fourth-order valence-corrected chi connectivity index (χ4v) is 1.75. The van der Waals surface area contributed by atoms with Crippen LogP contribution in [0.4, 0.5) is 0 Å². The van der Waals surface area contributed by atoms with Gasteiger partial charge in [0.2, 0.25) is 0 Å². The molecule has 0 aliphatic rings. The van der Waals surface area contributed by atoms with E-state index in [1.165, 1.54) is 11.3 Å². The Labute approximate surface area is 81.8 Å². The first-order chi connectivity index (χ1) is 6.27. The minimum absolute atomic E-state index is 0.160. The Morgan fingerprint density at radius 1 is 1.77 bits per heavy atom. The number of carbonyl (C=O) groups is 1. The molecule has 0 radical (unpaired) electrons. The van der Waals surface area contributed by atoms with Crippen LogP contribution in [0.25, 0.3) is 0 Å². The van der Waals surface area contributed by atoms with Gasteiger partial charge in [0.15, 0.2) is 5.78 Å². The third-order valence-electron chi connectivity index (χ3n) is 1.66. The van der Waals surface area contributed by atoms with Crippen LogP contribution in [0.15, 0.2) is 24.1 Å². The second-order valence-electron chi connectivity index (χ2n) is 2.60. The van der Waals surface area contributed by atoms with Crippen molar-refractivity contribution in [2.24, 2.45) is 0 Å². The molecule has 0 bridgehead atoms.